The van der Waals surface area contributed by atoms with Gasteiger partial charge in [0.25, 0.3) is 0 Å². The maximum Gasteiger partial charge on any atom is 0.306 e. The van der Waals surface area contributed by atoms with Gasteiger partial charge in [-0.2, -0.15) is 0 Å². The second-order valence-corrected chi connectivity index (χ2v) is 7.93. The van der Waals surface area contributed by atoms with Gasteiger partial charge in [-0.25, -0.2) is 9.37 Å². The minimum atomic E-state index is -0.816. The standard InChI is InChI=1S/C25H24FNO4/c1-15(25(28)29)9-16-3-4-20-12-21(31-23(20)10-16)11-19-6-5-17(13-22(19)26)18-7-8-27-24(14-18)30-2/h3-8,10,13-15,21H,9,11-12H2,1-2H3,(H,28,29)/t15-,21?/m0/s1. The molecule has 0 saturated carbocycles. The van der Waals surface area contributed by atoms with Crippen molar-refractivity contribution < 1.29 is 23.8 Å². The van der Waals surface area contributed by atoms with E-state index < -0.39 is 11.9 Å². The molecule has 0 radical (unpaired) electrons. The third-order valence-corrected chi connectivity index (χ3v) is 5.61. The summed E-state index contributed by atoms with van der Waals surface area (Å²) in [7, 11) is 1.55. The Morgan fingerprint density at radius 3 is 2.77 bits per heavy atom. The summed E-state index contributed by atoms with van der Waals surface area (Å²) < 4.78 is 26.0. The van der Waals surface area contributed by atoms with Gasteiger partial charge in [0.2, 0.25) is 5.88 Å². The first-order valence-electron chi connectivity index (χ1n) is 10.2. The Morgan fingerprint density at radius 2 is 2.03 bits per heavy atom. The molecule has 0 fully saturated rings. The van der Waals surface area contributed by atoms with Crippen LogP contribution in [0.25, 0.3) is 11.1 Å². The van der Waals surface area contributed by atoms with Crippen LogP contribution in [0.4, 0.5) is 4.39 Å². The molecular formula is C25H24FNO4. The molecule has 1 aliphatic rings. The lowest BCUT2D eigenvalue weighted by Crippen LogP contribution is -2.17. The van der Waals surface area contributed by atoms with Crippen molar-refractivity contribution in [1.29, 1.82) is 0 Å². The molecule has 2 aromatic carbocycles. The summed E-state index contributed by atoms with van der Waals surface area (Å²) in [4.78, 5) is 15.2. The second-order valence-electron chi connectivity index (χ2n) is 7.93. The maximum atomic E-state index is 14.8. The number of hydrogen-bond donors (Lipinski definition) is 1. The number of carboxylic acids is 1. The highest BCUT2D eigenvalue weighted by Gasteiger charge is 2.25. The van der Waals surface area contributed by atoms with E-state index in [-0.39, 0.29) is 11.9 Å². The summed E-state index contributed by atoms with van der Waals surface area (Å²) in [5.41, 5.74) is 4.19. The van der Waals surface area contributed by atoms with E-state index in [4.69, 9.17) is 14.6 Å². The Morgan fingerprint density at radius 1 is 1.23 bits per heavy atom. The molecule has 31 heavy (non-hydrogen) atoms. The number of ether oxygens (including phenoxy) is 2. The average Bonchev–Trinajstić information content (AvgIpc) is 3.16. The Balaban J connectivity index is 1.45. The number of fused-ring (bicyclic) bond motifs is 1. The van der Waals surface area contributed by atoms with Crippen LogP contribution in [0.3, 0.4) is 0 Å². The van der Waals surface area contributed by atoms with Crippen molar-refractivity contribution in [2.45, 2.75) is 32.3 Å². The number of rotatable bonds is 7. The van der Waals surface area contributed by atoms with E-state index in [1.54, 1.807) is 32.4 Å². The first-order valence-corrected chi connectivity index (χ1v) is 10.2. The zero-order chi connectivity index (χ0) is 22.0. The van der Waals surface area contributed by atoms with Crippen molar-refractivity contribution in [3.05, 3.63) is 77.2 Å². The summed E-state index contributed by atoms with van der Waals surface area (Å²) in [6.45, 7) is 1.69. The lowest BCUT2D eigenvalue weighted by Gasteiger charge is -2.13. The van der Waals surface area contributed by atoms with E-state index in [9.17, 15) is 9.18 Å². The van der Waals surface area contributed by atoms with Gasteiger partial charge in [-0.05, 0) is 52.4 Å². The highest BCUT2D eigenvalue weighted by Crippen LogP contribution is 2.33. The van der Waals surface area contributed by atoms with E-state index in [1.807, 2.05) is 30.3 Å². The number of hydrogen-bond acceptors (Lipinski definition) is 4. The van der Waals surface area contributed by atoms with E-state index in [0.29, 0.717) is 30.7 Å². The van der Waals surface area contributed by atoms with Crippen LogP contribution in [0.1, 0.15) is 23.6 Å². The Kier molecular flexibility index (Phi) is 5.89. The summed E-state index contributed by atoms with van der Waals surface area (Å²) in [5.74, 6) is -0.298. The minimum absolute atomic E-state index is 0.150. The molecule has 5 nitrogen and oxygen atoms in total. The van der Waals surface area contributed by atoms with Crippen LogP contribution in [-0.2, 0) is 24.1 Å². The fraction of sp³-hybridized carbons (Fsp3) is 0.280. The predicted molar refractivity (Wildman–Crippen MR) is 115 cm³/mol. The molecule has 160 valence electrons. The van der Waals surface area contributed by atoms with Gasteiger partial charge in [0.1, 0.15) is 17.7 Å². The number of halogens is 1. The number of methoxy groups -OCH3 is 1. The molecule has 0 spiro atoms. The molecule has 6 heteroatoms. The van der Waals surface area contributed by atoms with Gasteiger partial charge in [0.05, 0.1) is 13.0 Å². The topological polar surface area (TPSA) is 68.7 Å². The second kappa shape index (κ2) is 8.76. The monoisotopic (exact) mass is 421 g/mol. The molecule has 0 bridgehead atoms. The van der Waals surface area contributed by atoms with Crippen LogP contribution < -0.4 is 9.47 Å². The molecule has 0 aliphatic carbocycles. The van der Waals surface area contributed by atoms with Crippen molar-refractivity contribution in [1.82, 2.24) is 4.98 Å². The van der Waals surface area contributed by atoms with E-state index in [0.717, 1.165) is 28.0 Å². The third kappa shape index (κ3) is 4.68. The fourth-order valence-electron chi connectivity index (χ4n) is 3.86. The van der Waals surface area contributed by atoms with Crippen molar-refractivity contribution in [2.75, 3.05) is 7.11 Å². The van der Waals surface area contributed by atoms with Gasteiger partial charge in [-0.3, -0.25) is 4.79 Å². The predicted octanol–water partition coefficient (Wildman–Crippen LogP) is 4.71. The molecular weight excluding hydrogens is 397 g/mol. The maximum absolute atomic E-state index is 14.8. The Labute approximate surface area is 180 Å². The molecule has 4 rings (SSSR count). The molecule has 3 aromatic rings. The van der Waals surface area contributed by atoms with Gasteiger partial charge in [-0.15, -0.1) is 0 Å². The zero-order valence-corrected chi connectivity index (χ0v) is 17.5. The van der Waals surface area contributed by atoms with Crippen LogP contribution >= 0.6 is 0 Å². The number of benzene rings is 2. The molecule has 1 unspecified atom stereocenters. The van der Waals surface area contributed by atoms with Crippen LogP contribution in [0.15, 0.2) is 54.7 Å². The highest BCUT2D eigenvalue weighted by molar-refractivity contribution is 5.70. The lowest BCUT2D eigenvalue weighted by molar-refractivity contribution is -0.141. The van der Waals surface area contributed by atoms with E-state index in [2.05, 4.69) is 4.98 Å². The molecule has 1 aliphatic heterocycles. The molecule has 1 N–H and O–H groups in total. The summed E-state index contributed by atoms with van der Waals surface area (Å²) in [6.07, 6.45) is 3.10. The number of carboxylic acid groups (broad SMARTS) is 1. The highest BCUT2D eigenvalue weighted by atomic mass is 19.1. The number of nitrogens with zero attached hydrogens (tertiary/aromatic N) is 1. The average molecular weight is 421 g/mol. The van der Waals surface area contributed by atoms with Crippen molar-refractivity contribution >= 4 is 5.97 Å². The number of carbonyl (C=O) groups is 1. The first-order chi connectivity index (χ1) is 14.9. The number of pyridine rings is 1. The van der Waals surface area contributed by atoms with E-state index in [1.165, 1.54) is 6.07 Å². The van der Waals surface area contributed by atoms with Crippen molar-refractivity contribution in [3.63, 3.8) is 0 Å². The van der Waals surface area contributed by atoms with Crippen LogP contribution in [0.5, 0.6) is 11.6 Å². The molecule has 0 amide bonds. The molecule has 2 heterocycles. The normalized spacial score (nSPS) is 15.8. The largest absolute Gasteiger partial charge is 0.489 e. The zero-order valence-electron chi connectivity index (χ0n) is 17.5. The molecule has 2 atom stereocenters. The minimum Gasteiger partial charge on any atom is -0.489 e. The SMILES string of the molecule is COc1cc(-c2ccc(CC3Cc4ccc(C[C@H](C)C(=O)O)cc4O3)c(F)c2)ccn1. The van der Waals surface area contributed by atoms with Crippen LogP contribution in [0.2, 0.25) is 0 Å². The smallest absolute Gasteiger partial charge is 0.306 e. The van der Waals surface area contributed by atoms with Crippen molar-refractivity contribution in [2.24, 2.45) is 5.92 Å². The third-order valence-electron chi connectivity index (χ3n) is 5.61. The summed E-state index contributed by atoms with van der Waals surface area (Å²) >= 11 is 0. The van der Waals surface area contributed by atoms with Gasteiger partial charge in [0, 0.05) is 25.1 Å². The lowest BCUT2D eigenvalue weighted by atomic mass is 9.97. The van der Waals surface area contributed by atoms with Gasteiger partial charge in [-0.1, -0.05) is 31.2 Å². The van der Waals surface area contributed by atoms with Gasteiger partial charge < -0.3 is 14.6 Å². The Bertz CT molecular complexity index is 1110. The number of aromatic nitrogens is 1. The van der Waals surface area contributed by atoms with Crippen molar-refractivity contribution in [3.8, 4) is 22.8 Å². The number of aliphatic carboxylic acids is 1. The fourth-order valence-corrected chi connectivity index (χ4v) is 3.86. The molecule has 0 saturated heterocycles. The van der Waals surface area contributed by atoms with Gasteiger partial charge in [0.15, 0.2) is 0 Å². The summed E-state index contributed by atoms with van der Waals surface area (Å²) in [5, 5.41) is 9.11. The Hall–Kier alpha value is -3.41. The first kappa shape index (κ1) is 20.8. The van der Waals surface area contributed by atoms with E-state index >= 15 is 0 Å². The van der Waals surface area contributed by atoms with Crippen LogP contribution in [0, 0.1) is 11.7 Å². The quantitative estimate of drug-likeness (QED) is 0.599. The summed E-state index contributed by atoms with van der Waals surface area (Å²) in [6, 6.07) is 14.6. The van der Waals surface area contributed by atoms with Gasteiger partial charge >= 0.3 is 5.97 Å². The van der Waals surface area contributed by atoms with Crippen LogP contribution in [-0.4, -0.2) is 29.3 Å². The molecule has 1 aromatic heterocycles.